The van der Waals surface area contributed by atoms with Crippen molar-refractivity contribution in [3.05, 3.63) is 24.5 Å². The maximum atomic E-state index is 5.62. The minimum Gasteiger partial charge on any atom is -0.407 e. The van der Waals surface area contributed by atoms with Gasteiger partial charge in [0.25, 0.3) is 0 Å². The van der Waals surface area contributed by atoms with Crippen LogP contribution in [0, 0.1) is 5.41 Å². The number of rotatable bonds is 1. The average molecular weight is 191 g/mol. The van der Waals surface area contributed by atoms with Crippen LogP contribution in [-0.2, 0) is 9.31 Å². The van der Waals surface area contributed by atoms with Gasteiger partial charge in [-0.25, -0.2) is 0 Å². The maximum Gasteiger partial charge on any atom is 0.495 e. The van der Waals surface area contributed by atoms with Crippen LogP contribution in [0.25, 0.3) is 0 Å². The lowest BCUT2D eigenvalue weighted by atomic mass is 9.77. The van der Waals surface area contributed by atoms with E-state index < -0.39 is 0 Å². The predicted molar refractivity (Wildman–Crippen MR) is 55.3 cm³/mol. The first-order valence-electron chi connectivity index (χ1n) is 4.80. The van der Waals surface area contributed by atoms with E-state index in [4.69, 9.17) is 9.31 Å². The highest BCUT2D eigenvalue weighted by Gasteiger charge is 2.33. The minimum atomic E-state index is -0.239. The van der Waals surface area contributed by atoms with Gasteiger partial charge in [0, 0.05) is 36.5 Å². The van der Waals surface area contributed by atoms with E-state index in [9.17, 15) is 0 Å². The molecule has 0 saturated carbocycles. The molecule has 4 heteroatoms. The molecular formula is C10H14BNO2. The van der Waals surface area contributed by atoms with Crippen LogP contribution >= 0.6 is 0 Å². The molecule has 0 aliphatic carbocycles. The zero-order chi connectivity index (χ0) is 10.0. The first-order valence-corrected chi connectivity index (χ1v) is 4.80. The Morgan fingerprint density at radius 3 is 2.64 bits per heavy atom. The van der Waals surface area contributed by atoms with Gasteiger partial charge >= 0.3 is 7.12 Å². The molecule has 0 spiro atoms. The van der Waals surface area contributed by atoms with E-state index in [1.807, 2.05) is 12.1 Å². The summed E-state index contributed by atoms with van der Waals surface area (Å²) in [6, 6.07) is 3.86. The highest BCUT2D eigenvalue weighted by atomic mass is 16.6. The SMILES string of the molecule is CC1(C)COB(c2cccnc2)OC1. The zero-order valence-electron chi connectivity index (χ0n) is 8.56. The van der Waals surface area contributed by atoms with Gasteiger partial charge in [0.1, 0.15) is 0 Å². The summed E-state index contributed by atoms with van der Waals surface area (Å²) in [4.78, 5) is 4.04. The van der Waals surface area contributed by atoms with E-state index in [1.165, 1.54) is 0 Å². The quantitative estimate of drug-likeness (QED) is 0.616. The molecule has 1 aliphatic rings. The average Bonchev–Trinajstić information content (AvgIpc) is 2.19. The van der Waals surface area contributed by atoms with Gasteiger partial charge in [-0.15, -0.1) is 0 Å². The largest absolute Gasteiger partial charge is 0.495 e. The lowest BCUT2D eigenvalue weighted by molar-refractivity contribution is 0.0343. The van der Waals surface area contributed by atoms with Crippen molar-refractivity contribution >= 4 is 12.6 Å². The van der Waals surface area contributed by atoms with E-state index in [0.717, 1.165) is 18.7 Å². The third-order valence-corrected chi connectivity index (χ3v) is 2.21. The van der Waals surface area contributed by atoms with Gasteiger partial charge in [-0.1, -0.05) is 19.9 Å². The highest BCUT2D eigenvalue weighted by Crippen LogP contribution is 2.21. The lowest BCUT2D eigenvalue weighted by Crippen LogP contribution is -2.47. The Hall–Kier alpha value is -0.865. The molecule has 1 aromatic heterocycles. The molecule has 1 aliphatic heterocycles. The molecule has 0 aromatic carbocycles. The normalized spacial score (nSPS) is 20.9. The molecule has 1 aromatic rings. The predicted octanol–water partition coefficient (Wildman–Crippen LogP) is 0.850. The molecule has 0 bridgehead atoms. The summed E-state index contributed by atoms with van der Waals surface area (Å²) in [6.07, 6.45) is 3.53. The van der Waals surface area contributed by atoms with E-state index >= 15 is 0 Å². The van der Waals surface area contributed by atoms with Crippen molar-refractivity contribution in [3.8, 4) is 0 Å². The van der Waals surface area contributed by atoms with E-state index in [-0.39, 0.29) is 12.5 Å². The topological polar surface area (TPSA) is 31.4 Å². The molecule has 2 heterocycles. The third kappa shape index (κ3) is 2.14. The van der Waals surface area contributed by atoms with Crippen molar-refractivity contribution in [1.29, 1.82) is 0 Å². The fourth-order valence-electron chi connectivity index (χ4n) is 1.40. The van der Waals surface area contributed by atoms with Crippen molar-refractivity contribution in [1.82, 2.24) is 4.98 Å². The summed E-state index contributed by atoms with van der Waals surface area (Å²) in [5, 5.41) is 0. The van der Waals surface area contributed by atoms with Crippen LogP contribution in [0.15, 0.2) is 24.5 Å². The molecule has 0 amide bonds. The number of aromatic nitrogens is 1. The molecule has 1 fully saturated rings. The molecule has 3 nitrogen and oxygen atoms in total. The highest BCUT2D eigenvalue weighted by molar-refractivity contribution is 6.61. The van der Waals surface area contributed by atoms with Gasteiger partial charge < -0.3 is 9.31 Å². The van der Waals surface area contributed by atoms with Crippen LogP contribution in [0.2, 0.25) is 0 Å². The van der Waals surface area contributed by atoms with Gasteiger partial charge in [-0.05, 0) is 6.07 Å². The van der Waals surface area contributed by atoms with Crippen molar-refractivity contribution in [2.45, 2.75) is 13.8 Å². The Labute approximate surface area is 84.6 Å². The van der Waals surface area contributed by atoms with Crippen LogP contribution in [0.1, 0.15) is 13.8 Å². The van der Waals surface area contributed by atoms with Gasteiger partial charge in [0.2, 0.25) is 0 Å². The van der Waals surface area contributed by atoms with Crippen LogP contribution < -0.4 is 5.46 Å². The molecule has 0 N–H and O–H groups in total. The summed E-state index contributed by atoms with van der Waals surface area (Å²) in [6.45, 7) is 5.72. The van der Waals surface area contributed by atoms with Gasteiger partial charge in [0.15, 0.2) is 0 Å². The second-order valence-corrected chi connectivity index (χ2v) is 4.40. The van der Waals surface area contributed by atoms with Crippen molar-refractivity contribution in [3.63, 3.8) is 0 Å². The fraction of sp³-hybridized carbons (Fsp3) is 0.500. The van der Waals surface area contributed by atoms with Gasteiger partial charge in [-0.2, -0.15) is 0 Å². The maximum absolute atomic E-state index is 5.62. The Kier molecular flexibility index (Phi) is 2.57. The second kappa shape index (κ2) is 3.71. The Bertz CT molecular complexity index is 292. The summed E-state index contributed by atoms with van der Waals surface area (Å²) >= 11 is 0. The van der Waals surface area contributed by atoms with Crippen LogP contribution in [0.5, 0.6) is 0 Å². The summed E-state index contributed by atoms with van der Waals surface area (Å²) in [7, 11) is -0.239. The number of nitrogens with zero attached hydrogens (tertiary/aromatic N) is 1. The van der Waals surface area contributed by atoms with Crippen molar-refractivity contribution in [2.24, 2.45) is 5.41 Å². The van der Waals surface area contributed by atoms with Gasteiger partial charge in [0.05, 0.1) is 0 Å². The van der Waals surface area contributed by atoms with E-state index in [0.29, 0.717) is 0 Å². The zero-order valence-corrected chi connectivity index (χ0v) is 8.56. The minimum absolute atomic E-state index is 0.124. The van der Waals surface area contributed by atoms with Crippen molar-refractivity contribution in [2.75, 3.05) is 13.2 Å². The summed E-state index contributed by atoms with van der Waals surface area (Å²) in [5.41, 5.74) is 1.11. The van der Waals surface area contributed by atoms with Crippen LogP contribution in [0.4, 0.5) is 0 Å². The second-order valence-electron chi connectivity index (χ2n) is 4.40. The number of hydrogen-bond acceptors (Lipinski definition) is 3. The fourth-order valence-corrected chi connectivity index (χ4v) is 1.40. The monoisotopic (exact) mass is 191 g/mol. The molecule has 0 atom stereocenters. The third-order valence-electron chi connectivity index (χ3n) is 2.21. The summed E-state index contributed by atoms with van der Waals surface area (Å²) in [5.74, 6) is 0. The molecule has 0 unspecified atom stereocenters. The Morgan fingerprint density at radius 1 is 1.36 bits per heavy atom. The lowest BCUT2D eigenvalue weighted by Gasteiger charge is -2.32. The van der Waals surface area contributed by atoms with Crippen molar-refractivity contribution < 1.29 is 9.31 Å². The smallest absolute Gasteiger partial charge is 0.407 e. The van der Waals surface area contributed by atoms with E-state index in [2.05, 4.69) is 18.8 Å². The first kappa shape index (κ1) is 9.68. The molecule has 2 rings (SSSR count). The van der Waals surface area contributed by atoms with E-state index in [1.54, 1.807) is 12.4 Å². The molecule has 0 radical (unpaired) electrons. The summed E-state index contributed by atoms with van der Waals surface area (Å²) < 4.78 is 11.2. The number of hydrogen-bond donors (Lipinski definition) is 0. The molecule has 74 valence electrons. The standard InChI is InChI=1S/C10H14BNO2/c1-10(2)7-13-11(14-8-10)9-4-3-5-12-6-9/h3-6H,7-8H2,1-2H3. The number of pyridine rings is 1. The molecular weight excluding hydrogens is 177 g/mol. The first-order chi connectivity index (χ1) is 6.67. The Morgan fingerprint density at radius 2 is 2.07 bits per heavy atom. The molecule has 14 heavy (non-hydrogen) atoms. The van der Waals surface area contributed by atoms with Crippen LogP contribution in [0.3, 0.4) is 0 Å². The Balaban J connectivity index is 2.03. The van der Waals surface area contributed by atoms with Gasteiger partial charge in [-0.3, -0.25) is 4.98 Å². The van der Waals surface area contributed by atoms with Crippen LogP contribution in [-0.4, -0.2) is 25.3 Å². The molecule has 1 saturated heterocycles.